The molecule has 1 unspecified atom stereocenters. The molecule has 5 heteroatoms. The van der Waals surface area contributed by atoms with Crippen molar-refractivity contribution in [3.8, 4) is 5.75 Å². The van der Waals surface area contributed by atoms with E-state index in [0.29, 0.717) is 6.61 Å². The van der Waals surface area contributed by atoms with Crippen LogP contribution in [0.25, 0.3) is 0 Å². The van der Waals surface area contributed by atoms with Gasteiger partial charge in [-0.1, -0.05) is 48.5 Å². The Labute approximate surface area is 154 Å². The van der Waals surface area contributed by atoms with Gasteiger partial charge in [0.2, 0.25) is 0 Å². The van der Waals surface area contributed by atoms with Gasteiger partial charge in [0.05, 0.1) is 6.04 Å². The fourth-order valence-electron chi connectivity index (χ4n) is 3.70. The first-order valence-corrected chi connectivity index (χ1v) is 9.33. The molecular weight excluding hydrogens is 326 g/mol. The molecule has 0 aromatic heterocycles. The number of fused-ring (bicyclic) bond motifs is 1. The number of nitrogens with one attached hydrogen (secondary N) is 1. The molecule has 0 spiro atoms. The normalized spacial score (nSPS) is 20.2. The number of carbonyl (C=O) groups excluding carboxylic acids is 1. The quantitative estimate of drug-likeness (QED) is 0.924. The maximum Gasteiger partial charge on any atom is 0.318 e. The van der Waals surface area contributed by atoms with Crippen LogP contribution in [0.15, 0.2) is 54.6 Å². The zero-order chi connectivity index (χ0) is 17.8. The van der Waals surface area contributed by atoms with Crippen LogP contribution in [0.4, 0.5) is 4.79 Å². The van der Waals surface area contributed by atoms with Crippen molar-refractivity contribution in [2.75, 3.05) is 32.8 Å². The number of rotatable bonds is 3. The van der Waals surface area contributed by atoms with Gasteiger partial charge in [0.15, 0.2) is 0 Å². The summed E-state index contributed by atoms with van der Waals surface area (Å²) in [5.74, 6) is 0.878. The number of amides is 2. The Morgan fingerprint density at radius 2 is 1.81 bits per heavy atom. The average molecular weight is 351 g/mol. The van der Waals surface area contributed by atoms with Gasteiger partial charge in [-0.2, -0.15) is 0 Å². The molecule has 0 bridgehead atoms. The van der Waals surface area contributed by atoms with Crippen molar-refractivity contribution in [1.29, 1.82) is 0 Å². The minimum absolute atomic E-state index is 0.0110. The summed E-state index contributed by atoms with van der Waals surface area (Å²) >= 11 is 0. The predicted molar refractivity (Wildman–Crippen MR) is 101 cm³/mol. The first-order valence-electron chi connectivity index (χ1n) is 9.33. The van der Waals surface area contributed by atoms with Crippen molar-refractivity contribution in [1.82, 2.24) is 15.1 Å². The Hall–Kier alpha value is -2.53. The van der Waals surface area contributed by atoms with Crippen LogP contribution in [0.3, 0.4) is 0 Å². The highest BCUT2D eigenvalue weighted by Crippen LogP contribution is 2.31. The average Bonchev–Trinajstić information content (AvgIpc) is 2.92. The number of urea groups is 1. The molecule has 1 N–H and O–H groups in total. The monoisotopic (exact) mass is 351 g/mol. The highest BCUT2D eigenvalue weighted by molar-refractivity contribution is 5.75. The molecule has 2 aromatic rings. The molecule has 2 aliphatic heterocycles. The summed E-state index contributed by atoms with van der Waals surface area (Å²) in [7, 11) is 0. The SMILES string of the molecule is O=C(NC1COc2ccccc21)N1CCCN(Cc2ccccc2)CC1. The third-order valence-corrected chi connectivity index (χ3v) is 5.12. The van der Waals surface area contributed by atoms with Crippen LogP contribution in [0.5, 0.6) is 5.75 Å². The van der Waals surface area contributed by atoms with Crippen molar-refractivity contribution in [2.24, 2.45) is 0 Å². The van der Waals surface area contributed by atoms with E-state index < -0.39 is 0 Å². The van der Waals surface area contributed by atoms with Gasteiger partial charge in [0.1, 0.15) is 12.4 Å². The van der Waals surface area contributed by atoms with E-state index >= 15 is 0 Å². The van der Waals surface area contributed by atoms with E-state index in [-0.39, 0.29) is 12.1 Å². The molecule has 0 saturated carbocycles. The molecule has 2 amide bonds. The summed E-state index contributed by atoms with van der Waals surface area (Å²) in [4.78, 5) is 17.1. The van der Waals surface area contributed by atoms with Gasteiger partial charge in [-0.05, 0) is 18.1 Å². The Balaban J connectivity index is 1.32. The summed E-state index contributed by atoms with van der Waals surface area (Å²) in [6.45, 7) is 4.94. The Morgan fingerprint density at radius 3 is 2.69 bits per heavy atom. The van der Waals surface area contributed by atoms with E-state index in [9.17, 15) is 4.79 Å². The Kier molecular flexibility index (Phi) is 5.07. The maximum absolute atomic E-state index is 12.7. The lowest BCUT2D eigenvalue weighted by molar-refractivity contribution is 0.190. The molecule has 5 nitrogen and oxygen atoms in total. The Bertz CT molecular complexity index is 750. The largest absolute Gasteiger partial charge is 0.491 e. The molecule has 1 saturated heterocycles. The van der Waals surface area contributed by atoms with Gasteiger partial charge < -0.3 is 15.0 Å². The van der Waals surface area contributed by atoms with Crippen LogP contribution in [-0.2, 0) is 6.54 Å². The standard InChI is InChI=1S/C21H25N3O2/c25-21(22-19-16-26-20-10-5-4-9-18(19)20)24-12-6-11-23(13-14-24)15-17-7-2-1-3-8-17/h1-5,7-10,19H,6,11-16H2,(H,22,25). The second-order valence-corrected chi connectivity index (χ2v) is 6.95. The summed E-state index contributed by atoms with van der Waals surface area (Å²) in [5.41, 5.74) is 2.39. The van der Waals surface area contributed by atoms with Crippen molar-refractivity contribution in [2.45, 2.75) is 19.0 Å². The van der Waals surface area contributed by atoms with E-state index in [1.165, 1.54) is 5.56 Å². The van der Waals surface area contributed by atoms with E-state index in [0.717, 1.165) is 50.5 Å². The van der Waals surface area contributed by atoms with Gasteiger partial charge in [0.25, 0.3) is 0 Å². The highest BCUT2D eigenvalue weighted by atomic mass is 16.5. The number of carbonyl (C=O) groups is 1. The highest BCUT2D eigenvalue weighted by Gasteiger charge is 2.27. The summed E-state index contributed by atoms with van der Waals surface area (Å²) in [6, 6.07) is 18.4. The first-order chi connectivity index (χ1) is 12.8. The fraction of sp³-hybridized carbons (Fsp3) is 0.381. The third-order valence-electron chi connectivity index (χ3n) is 5.12. The predicted octanol–water partition coefficient (Wildman–Crippen LogP) is 3.04. The van der Waals surface area contributed by atoms with Gasteiger partial charge in [0, 0.05) is 38.3 Å². The maximum atomic E-state index is 12.7. The minimum atomic E-state index is -0.0534. The lowest BCUT2D eigenvalue weighted by Gasteiger charge is -2.24. The summed E-state index contributed by atoms with van der Waals surface area (Å²) in [6.07, 6.45) is 0.998. The number of ether oxygens (including phenoxy) is 1. The van der Waals surface area contributed by atoms with Crippen molar-refractivity contribution in [3.63, 3.8) is 0 Å². The summed E-state index contributed by atoms with van der Waals surface area (Å²) < 4.78 is 5.67. The summed E-state index contributed by atoms with van der Waals surface area (Å²) in [5, 5.41) is 3.14. The van der Waals surface area contributed by atoms with Crippen LogP contribution in [0.2, 0.25) is 0 Å². The van der Waals surface area contributed by atoms with Crippen LogP contribution in [-0.4, -0.2) is 48.6 Å². The van der Waals surface area contributed by atoms with Crippen molar-refractivity contribution >= 4 is 6.03 Å². The molecule has 2 aromatic carbocycles. The molecular formula is C21H25N3O2. The molecule has 1 atom stereocenters. The number of para-hydroxylation sites is 1. The second-order valence-electron chi connectivity index (χ2n) is 6.95. The molecule has 26 heavy (non-hydrogen) atoms. The van der Waals surface area contributed by atoms with Gasteiger partial charge in [-0.3, -0.25) is 4.90 Å². The minimum Gasteiger partial charge on any atom is -0.491 e. The van der Waals surface area contributed by atoms with Crippen molar-refractivity contribution < 1.29 is 9.53 Å². The van der Waals surface area contributed by atoms with E-state index in [2.05, 4.69) is 34.5 Å². The first kappa shape index (κ1) is 16.9. The van der Waals surface area contributed by atoms with Gasteiger partial charge >= 0.3 is 6.03 Å². The lowest BCUT2D eigenvalue weighted by atomic mass is 10.1. The smallest absolute Gasteiger partial charge is 0.318 e. The molecule has 1 fully saturated rings. The molecule has 0 radical (unpaired) electrons. The number of hydrogen-bond acceptors (Lipinski definition) is 3. The topological polar surface area (TPSA) is 44.8 Å². The second kappa shape index (κ2) is 7.79. The fourth-order valence-corrected chi connectivity index (χ4v) is 3.70. The lowest BCUT2D eigenvalue weighted by Crippen LogP contribution is -2.43. The zero-order valence-electron chi connectivity index (χ0n) is 14.9. The van der Waals surface area contributed by atoms with Crippen LogP contribution in [0, 0.1) is 0 Å². The van der Waals surface area contributed by atoms with Crippen LogP contribution >= 0.6 is 0 Å². The number of nitrogens with zero attached hydrogens (tertiary/aromatic N) is 2. The third kappa shape index (κ3) is 3.83. The zero-order valence-corrected chi connectivity index (χ0v) is 14.9. The van der Waals surface area contributed by atoms with Gasteiger partial charge in [-0.25, -0.2) is 4.79 Å². The molecule has 2 aliphatic rings. The Morgan fingerprint density at radius 1 is 1.00 bits per heavy atom. The van der Waals surface area contributed by atoms with Crippen LogP contribution in [0.1, 0.15) is 23.6 Å². The van der Waals surface area contributed by atoms with E-state index in [1.807, 2.05) is 35.2 Å². The van der Waals surface area contributed by atoms with Crippen LogP contribution < -0.4 is 10.1 Å². The molecule has 4 rings (SSSR count). The van der Waals surface area contributed by atoms with Crippen molar-refractivity contribution in [3.05, 3.63) is 65.7 Å². The van der Waals surface area contributed by atoms with E-state index in [4.69, 9.17) is 4.74 Å². The molecule has 0 aliphatic carbocycles. The molecule has 136 valence electrons. The number of hydrogen-bond donors (Lipinski definition) is 1. The van der Waals surface area contributed by atoms with Gasteiger partial charge in [-0.15, -0.1) is 0 Å². The number of benzene rings is 2. The van der Waals surface area contributed by atoms with E-state index in [1.54, 1.807) is 0 Å². The molecule has 2 heterocycles.